The zero-order chi connectivity index (χ0) is 19.2. The van der Waals surface area contributed by atoms with Crippen LogP contribution in [0.25, 0.3) is 0 Å². The van der Waals surface area contributed by atoms with Gasteiger partial charge in [0.1, 0.15) is 5.01 Å². The van der Waals surface area contributed by atoms with Gasteiger partial charge in [-0.05, 0) is 25.2 Å². The Morgan fingerprint density at radius 1 is 1.15 bits per heavy atom. The van der Waals surface area contributed by atoms with E-state index in [2.05, 4.69) is 31.6 Å². The molecule has 142 valence electrons. The van der Waals surface area contributed by atoms with Crippen LogP contribution < -0.4 is 10.6 Å². The summed E-state index contributed by atoms with van der Waals surface area (Å²) in [4.78, 5) is 9.79. The van der Waals surface area contributed by atoms with Crippen LogP contribution in [0.4, 0.5) is 13.2 Å². The van der Waals surface area contributed by atoms with Crippen molar-refractivity contribution in [1.82, 2.24) is 20.5 Å². The Bertz CT molecular complexity index is 740. The van der Waals surface area contributed by atoms with E-state index in [1.54, 1.807) is 7.05 Å². The minimum Gasteiger partial charge on any atom is -0.352 e. The molecule has 0 unspecified atom stereocenters. The molecule has 26 heavy (non-hydrogen) atoms. The molecule has 1 heterocycles. The van der Waals surface area contributed by atoms with Gasteiger partial charge in [-0.2, -0.15) is 13.2 Å². The number of aliphatic imine (C=N–C) groups is 1. The zero-order valence-corrected chi connectivity index (χ0v) is 15.7. The summed E-state index contributed by atoms with van der Waals surface area (Å²) in [6, 6.07) is 8.08. The van der Waals surface area contributed by atoms with Crippen LogP contribution in [-0.4, -0.2) is 37.0 Å². The first-order valence-corrected chi connectivity index (χ1v) is 8.85. The number of alkyl halides is 3. The second kappa shape index (κ2) is 9.00. The Morgan fingerprint density at radius 3 is 2.38 bits per heavy atom. The van der Waals surface area contributed by atoms with Crippen molar-refractivity contribution in [3.8, 4) is 0 Å². The van der Waals surface area contributed by atoms with Gasteiger partial charge in [0.25, 0.3) is 0 Å². The third kappa shape index (κ3) is 5.99. The van der Waals surface area contributed by atoms with E-state index in [1.807, 2.05) is 32.3 Å². The summed E-state index contributed by atoms with van der Waals surface area (Å²) < 4.78 is 37.8. The minimum absolute atomic E-state index is 0.180. The second-order valence-corrected chi connectivity index (χ2v) is 6.85. The molecule has 0 saturated heterocycles. The molecule has 0 atom stereocenters. The van der Waals surface area contributed by atoms with Crippen molar-refractivity contribution < 1.29 is 13.2 Å². The van der Waals surface area contributed by atoms with Gasteiger partial charge >= 0.3 is 6.18 Å². The van der Waals surface area contributed by atoms with Crippen molar-refractivity contribution in [3.05, 3.63) is 51.5 Å². The number of halogens is 3. The summed E-state index contributed by atoms with van der Waals surface area (Å²) >= 11 is 0.971. The molecule has 2 N–H and O–H groups in total. The van der Waals surface area contributed by atoms with Crippen LogP contribution in [0.5, 0.6) is 0 Å². The summed E-state index contributed by atoms with van der Waals surface area (Å²) in [6.45, 7) is 1.57. The molecule has 0 fully saturated rings. The van der Waals surface area contributed by atoms with Crippen molar-refractivity contribution in [3.63, 3.8) is 0 Å². The van der Waals surface area contributed by atoms with E-state index in [9.17, 15) is 13.2 Å². The highest BCUT2D eigenvalue weighted by Crippen LogP contribution is 2.29. The fraction of sp³-hybridized carbons (Fsp3) is 0.412. The standard InChI is InChI=1S/C17H22F3N5S/c1-21-16(23-9-15-24-14(11-26-15)17(18,19)20)22-8-12-6-4-5-7-13(12)10-25(2)3/h4-7,11H,8-10H2,1-3H3,(H2,21,22,23). The zero-order valence-electron chi connectivity index (χ0n) is 14.9. The van der Waals surface area contributed by atoms with E-state index in [-0.39, 0.29) is 6.54 Å². The maximum Gasteiger partial charge on any atom is 0.434 e. The van der Waals surface area contributed by atoms with Gasteiger partial charge in [0.05, 0.1) is 6.54 Å². The van der Waals surface area contributed by atoms with Crippen molar-refractivity contribution in [2.45, 2.75) is 25.8 Å². The first-order chi connectivity index (χ1) is 12.3. The number of guanidine groups is 1. The SMILES string of the molecule is CN=C(NCc1nc(C(F)(F)F)cs1)NCc1ccccc1CN(C)C. The molecule has 0 radical (unpaired) electrons. The molecular formula is C17H22F3N5S. The number of aromatic nitrogens is 1. The molecule has 9 heteroatoms. The Kier molecular flexibility index (Phi) is 6.98. The van der Waals surface area contributed by atoms with Crippen LogP contribution in [0, 0.1) is 0 Å². The largest absolute Gasteiger partial charge is 0.434 e. The van der Waals surface area contributed by atoms with Gasteiger partial charge < -0.3 is 15.5 Å². The van der Waals surface area contributed by atoms with Crippen molar-refractivity contribution >= 4 is 17.3 Å². The summed E-state index contributed by atoms with van der Waals surface area (Å²) in [5.74, 6) is 0.508. The highest BCUT2D eigenvalue weighted by molar-refractivity contribution is 7.09. The number of nitrogens with zero attached hydrogens (tertiary/aromatic N) is 3. The quantitative estimate of drug-likeness (QED) is 0.593. The number of benzene rings is 1. The predicted octanol–water partition coefficient (Wildman–Crippen LogP) is 3.09. The summed E-state index contributed by atoms with van der Waals surface area (Å²) in [5, 5.41) is 7.55. The van der Waals surface area contributed by atoms with Gasteiger partial charge in [0.2, 0.25) is 0 Å². The minimum atomic E-state index is -4.41. The van der Waals surface area contributed by atoms with Gasteiger partial charge in [-0.25, -0.2) is 4.98 Å². The normalized spacial score (nSPS) is 12.5. The first-order valence-electron chi connectivity index (χ1n) is 7.97. The van der Waals surface area contributed by atoms with E-state index in [0.29, 0.717) is 17.5 Å². The molecule has 5 nitrogen and oxygen atoms in total. The molecule has 0 amide bonds. The number of hydrogen-bond acceptors (Lipinski definition) is 4. The smallest absolute Gasteiger partial charge is 0.352 e. The van der Waals surface area contributed by atoms with Gasteiger partial charge in [-0.15, -0.1) is 11.3 Å². The van der Waals surface area contributed by atoms with Crippen LogP contribution >= 0.6 is 11.3 Å². The average Bonchev–Trinajstić information content (AvgIpc) is 3.05. The predicted molar refractivity (Wildman–Crippen MR) is 98.0 cm³/mol. The van der Waals surface area contributed by atoms with E-state index in [1.165, 1.54) is 5.56 Å². The Hall–Kier alpha value is -2.13. The third-order valence-corrected chi connectivity index (χ3v) is 4.37. The molecule has 0 aliphatic heterocycles. The van der Waals surface area contributed by atoms with E-state index < -0.39 is 11.9 Å². The molecule has 2 aromatic rings. The second-order valence-electron chi connectivity index (χ2n) is 5.91. The van der Waals surface area contributed by atoms with Crippen LogP contribution in [-0.2, 0) is 25.8 Å². The molecule has 2 rings (SSSR count). The first kappa shape index (κ1) is 20.2. The molecule has 0 aliphatic rings. The molecule has 0 saturated carbocycles. The van der Waals surface area contributed by atoms with Gasteiger partial charge in [0, 0.05) is 25.5 Å². The fourth-order valence-corrected chi connectivity index (χ4v) is 3.05. The van der Waals surface area contributed by atoms with Crippen LogP contribution in [0.3, 0.4) is 0 Å². The Labute approximate surface area is 155 Å². The van der Waals surface area contributed by atoms with Gasteiger partial charge in [-0.1, -0.05) is 24.3 Å². The lowest BCUT2D eigenvalue weighted by Gasteiger charge is -2.16. The van der Waals surface area contributed by atoms with E-state index >= 15 is 0 Å². The number of thiazole rings is 1. The maximum absolute atomic E-state index is 12.6. The van der Waals surface area contributed by atoms with Crippen molar-refractivity contribution in [1.29, 1.82) is 0 Å². The number of hydrogen-bond donors (Lipinski definition) is 2. The summed E-state index contributed by atoms with van der Waals surface area (Å²) in [6.07, 6.45) is -4.41. The molecule has 1 aromatic heterocycles. The summed E-state index contributed by atoms with van der Waals surface area (Å²) in [5.41, 5.74) is 1.48. The third-order valence-electron chi connectivity index (χ3n) is 3.52. The molecule has 0 bridgehead atoms. The van der Waals surface area contributed by atoms with Crippen LogP contribution in [0.1, 0.15) is 21.8 Å². The van der Waals surface area contributed by atoms with Crippen molar-refractivity contribution in [2.24, 2.45) is 4.99 Å². The lowest BCUT2D eigenvalue weighted by molar-refractivity contribution is -0.140. The Balaban J connectivity index is 1.92. The summed E-state index contributed by atoms with van der Waals surface area (Å²) in [7, 11) is 5.63. The average molecular weight is 385 g/mol. The van der Waals surface area contributed by atoms with Gasteiger partial charge in [-0.3, -0.25) is 4.99 Å². The molecule has 0 aliphatic carbocycles. The maximum atomic E-state index is 12.6. The van der Waals surface area contributed by atoms with Crippen LogP contribution in [0.15, 0.2) is 34.6 Å². The van der Waals surface area contributed by atoms with Crippen molar-refractivity contribution in [2.75, 3.05) is 21.1 Å². The fourth-order valence-electron chi connectivity index (χ4n) is 2.31. The molecule has 0 spiro atoms. The molecule has 1 aromatic carbocycles. The van der Waals surface area contributed by atoms with Gasteiger partial charge in [0.15, 0.2) is 11.7 Å². The van der Waals surface area contributed by atoms with Crippen LogP contribution in [0.2, 0.25) is 0 Å². The molecular weight excluding hydrogens is 363 g/mol. The Morgan fingerprint density at radius 2 is 1.81 bits per heavy atom. The lowest BCUT2D eigenvalue weighted by Crippen LogP contribution is -2.36. The van der Waals surface area contributed by atoms with E-state index in [4.69, 9.17) is 0 Å². The monoisotopic (exact) mass is 385 g/mol. The topological polar surface area (TPSA) is 52.6 Å². The number of rotatable bonds is 6. The highest BCUT2D eigenvalue weighted by atomic mass is 32.1. The highest BCUT2D eigenvalue weighted by Gasteiger charge is 2.33. The van der Waals surface area contributed by atoms with E-state index in [0.717, 1.165) is 28.8 Å². The lowest BCUT2D eigenvalue weighted by atomic mass is 10.1. The number of nitrogens with one attached hydrogen (secondary N) is 2.